The van der Waals surface area contributed by atoms with E-state index in [2.05, 4.69) is 47.8 Å². The first-order valence-electron chi connectivity index (χ1n) is 6.87. The zero-order chi connectivity index (χ0) is 14.2. The third-order valence-corrected chi connectivity index (χ3v) is 4.57. The number of halogens is 1. The Morgan fingerprint density at radius 1 is 1.05 bits per heavy atom. The van der Waals surface area contributed by atoms with E-state index in [0.29, 0.717) is 5.92 Å². The van der Waals surface area contributed by atoms with Crippen LogP contribution in [0.15, 0.2) is 59.5 Å². The SMILES string of the molecule is CNCC(CCSc1ccccc1)c1ccc(Cl)cc1. The van der Waals surface area contributed by atoms with Gasteiger partial charge in [-0.1, -0.05) is 41.9 Å². The van der Waals surface area contributed by atoms with Crippen molar-refractivity contribution in [2.45, 2.75) is 17.2 Å². The van der Waals surface area contributed by atoms with Gasteiger partial charge in [-0.2, -0.15) is 0 Å². The minimum atomic E-state index is 0.536. The predicted octanol–water partition coefficient (Wildman–Crippen LogP) is 4.83. The molecule has 106 valence electrons. The number of nitrogens with one attached hydrogen (secondary N) is 1. The van der Waals surface area contributed by atoms with Crippen molar-refractivity contribution in [1.29, 1.82) is 0 Å². The number of hydrogen-bond acceptors (Lipinski definition) is 2. The zero-order valence-electron chi connectivity index (χ0n) is 11.7. The van der Waals surface area contributed by atoms with Crippen LogP contribution in [0.3, 0.4) is 0 Å². The highest BCUT2D eigenvalue weighted by molar-refractivity contribution is 7.99. The Bertz CT molecular complexity index is 498. The van der Waals surface area contributed by atoms with Crippen molar-refractivity contribution in [2.24, 2.45) is 0 Å². The van der Waals surface area contributed by atoms with E-state index in [-0.39, 0.29) is 0 Å². The molecular weight excluding hydrogens is 286 g/mol. The first-order chi connectivity index (χ1) is 9.79. The van der Waals surface area contributed by atoms with Gasteiger partial charge in [-0.25, -0.2) is 0 Å². The average molecular weight is 306 g/mol. The maximum Gasteiger partial charge on any atom is 0.0406 e. The summed E-state index contributed by atoms with van der Waals surface area (Å²) in [7, 11) is 2.01. The van der Waals surface area contributed by atoms with E-state index in [1.165, 1.54) is 10.5 Å². The van der Waals surface area contributed by atoms with Gasteiger partial charge in [0, 0.05) is 16.5 Å². The van der Waals surface area contributed by atoms with Gasteiger partial charge in [0.25, 0.3) is 0 Å². The van der Waals surface area contributed by atoms with Crippen LogP contribution in [0.2, 0.25) is 5.02 Å². The normalized spacial score (nSPS) is 12.3. The maximum absolute atomic E-state index is 5.96. The van der Waals surface area contributed by atoms with Crippen molar-refractivity contribution >= 4 is 23.4 Å². The summed E-state index contributed by atoms with van der Waals surface area (Å²) < 4.78 is 0. The molecule has 0 aliphatic heterocycles. The summed E-state index contributed by atoms with van der Waals surface area (Å²) in [4.78, 5) is 1.34. The molecular formula is C17H20ClNS. The molecule has 3 heteroatoms. The molecule has 0 bridgehead atoms. The lowest BCUT2D eigenvalue weighted by atomic mass is 9.96. The molecule has 2 rings (SSSR count). The lowest BCUT2D eigenvalue weighted by molar-refractivity contribution is 0.616. The Morgan fingerprint density at radius 3 is 2.40 bits per heavy atom. The fraction of sp³-hybridized carbons (Fsp3) is 0.294. The zero-order valence-corrected chi connectivity index (χ0v) is 13.3. The van der Waals surface area contributed by atoms with Gasteiger partial charge < -0.3 is 5.32 Å². The van der Waals surface area contributed by atoms with Crippen molar-refractivity contribution < 1.29 is 0 Å². The van der Waals surface area contributed by atoms with E-state index in [4.69, 9.17) is 11.6 Å². The molecule has 1 nitrogen and oxygen atoms in total. The van der Waals surface area contributed by atoms with Gasteiger partial charge in [0.15, 0.2) is 0 Å². The maximum atomic E-state index is 5.96. The summed E-state index contributed by atoms with van der Waals surface area (Å²) in [6.07, 6.45) is 1.15. The van der Waals surface area contributed by atoms with Crippen LogP contribution in [0.1, 0.15) is 17.9 Å². The molecule has 1 atom stereocenters. The Balaban J connectivity index is 1.90. The quantitative estimate of drug-likeness (QED) is 0.736. The largest absolute Gasteiger partial charge is 0.319 e. The van der Waals surface area contributed by atoms with Crippen LogP contribution in [0.4, 0.5) is 0 Å². The molecule has 0 fully saturated rings. The highest BCUT2D eigenvalue weighted by Crippen LogP contribution is 2.25. The van der Waals surface area contributed by atoms with Gasteiger partial charge in [-0.05, 0) is 55.0 Å². The molecule has 0 aliphatic rings. The van der Waals surface area contributed by atoms with Gasteiger partial charge in [0.1, 0.15) is 0 Å². The minimum Gasteiger partial charge on any atom is -0.319 e. The Kier molecular flexibility index (Phi) is 6.44. The summed E-state index contributed by atoms with van der Waals surface area (Å²) in [5.41, 5.74) is 1.36. The monoisotopic (exact) mass is 305 g/mol. The predicted molar refractivity (Wildman–Crippen MR) is 89.9 cm³/mol. The van der Waals surface area contributed by atoms with Crippen molar-refractivity contribution in [3.63, 3.8) is 0 Å². The molecule has 20 heavy (non-hydrogen) atoms. The highest BCUT2D eigenvalue weighted by atomic mass is 35.5. The second kappa shape index (κ2) is 8.35. The third kappa shape index (κ3) is 4.86. The summed E-state index contributed by atoms with van der Waals surface area (Å²) in [5, 5.41) is 4.09. The third-order valence-electron chi connectivity index (χ3n) is 3.27. The Hall–Kier alpha value is -0.960. The van der Waals surface area contributed by atoms with Gasteiger partial charge in [-0.3, -0.25) is 0 Å². The van der Waals surface area contributed by atoms with Crippen molar-refractivity contribution in [1.82, 2.24) is 5.32 Å². The number of thioether (sulfide) groups is 1. The van der Waals surface area contributed by atoms with Crippen molar-refractivity contribution in [3.05, 3.63) is 65.2 Å². The summed E-state index contributed by atoms with van der Waals surface area (Å²) in [6.45, 7) is 0.997. The topological polar surface area (TPSA) is 12.0 Å². The molecule has 0 amide bonds. The molecule has 2 aromatic rings. The lowest BCUT2D eigenvalue weighted by Gasteiger charge is -2.17. The van der Waals surface area contributed by atoms with Crippen LogP contribution in [0.25, 0.3) is 0 Å². The van der Waals surface area contributed by atoms with E-state index < -0.39 is 0 Å². The number of benzene rings is 2. The van der Waals surface area contributed by atoms with Gasteiger partial charge in [0.05, 0.1) is 0 Å². The van der Waals surface area contributed by atoms with Crippen LogP contribution in [-0.2, 0) is 0 Å². The molecule has 0 aliphatic carbocycles. The fourth-order valence-electron chi connectivity index (χ4n) is 2.20. The highest BCUT2D eigenvalue weighted by Gasteiger charge is 2.10. The van der Waals surface area contributed by atoms with E-state index in [1.807, 2.05) is 30.9 Å². The van der Waals surface area contributed by atoms with Gasteiger partial charge in [0.2, 0.25) is 0 Å². The number of hydrogen-bond donors (Lipinski definition) is 1. The van der Waals surface area contributed by atoms with Gasteiger partial charge in [-0.15, -0.1) is 11.8 Å². The minimum absolute atomic E-state index is 0.536. The molecule has 0 spiro atoms. The summed E-state index contributed by atoms with van der Waals surface area (Å²) in [5.74, 6) is 1.66. The van der Waals surface area contributed by atoms with Crippen LogP contribution < -0.4 is 5.32 Å². The van der Waals surface area contributed by atoms with Gasteiger partial charge >= 0.3 is 0 Å². The lowest BCUT2D eigenvalue weighted by Crippen LogP contribution is -2.17. The molecule has 0 aromatic heterocycles. The Morgan fingerprint density at radius 2 is 1.75 bits per heavy atom. The van der Waals surface area contributed by atoms with E-state index in [0.717, 1.165) is 23.7 Å². The second-order valence-electron chi connectivity index (χ2n) is 4.76. The molecule has 0 heterocycles. The standard InChI is InChI=1S/C17H20ClNS/c1-19-13-15(14-7-9-16(18)10-8-14)11-12-20-17-5-3-2-4-6-17/h2-10,15,19H,11-13H2,1H3. The smallest absolute Gasteiger partial charge is 0.0406 e. The first-order valence-corrected chi connectivity index (χ1v) is 8.24. The van der Waals surface area contributed by atoms with Crippen LogP contribution >= 0.6 is 23.4 Å². The molecule has 0 saturated heterocycles. The van der Waals surface area contributed by atoms with Crippen LogP contribution in [0, 0.1) is 0 Å². The average Bonchev–Trinajstić information content (AvgIpc) is 2.48. The Labute approximate surface area is 130 Å². The number of rotatable bonds is 7. The number of likely N-dealkylation sites (N-methyl/N-ethyl adjacent to an activating group) is 1. The van der Waals surface area contributed by atoms with E-state index >= 15 is 0 Å². The molecule has 1 N–H and O–H groups in total. The summed E-state index contributed by atoms with van der Waals surface area (Å²) in [6, 6.07) is 18.8. The molecule has 1 unspecified atom stereocenters. The fourth-order valence-corrected chi connectivity index (χ4v) is 3.32. The second-order valence-corrected chi connectivity index (χ2v) is 6.36. The van der Waals surface area contributed by atoms with E-state index in [9.17, 15) is 0 Å². The summed E-state index contributed by atoms with van der Waals surface area (Å²) >= 11 is 7.88. The first kappa shape index (κ1) is 15.4. The molecule has 0 saturated carbocycles. The van der Waals surface area contributed by atoms with Crippen molar-refractivity contribution in [3.8, 4) is 0 Å². The molecule has 2 aromatic carbocycles. The molecule has 0 radical (unpaired) electrons. The van der Waals surface area contributed by atoms with E-state index in [1.54, 1.807) is 0 Å². The van der Waals surface area contributed by atoms with Crippen molar-refractivity contribution in [2.75, 3.05) is 19.3 Å². The van der Waals surface area contributed by atoms with Crippen LogP contribution in [0.5, 0.6) is 0 Å². The van der Waals surface area contributed by atoms with Crippen LogP contribution in [-0.4, -0.2) is 19.3 Å².